The molecule has 1 aromatic heterocycles. The van der Waals surface area contributed by atoms with Crippen molar-refractivity contribution in [2.75, 3.05) is 13.2 Å². The summed E-state index contributed by atoms with van der Waals surface area (Å²) in [5.74, 6) is 2.32. The molecule has 0 saturated heterocycles. The van der Waals surface area contributed by atoms with Gasteiger partial charge in [0.1, 0.15) is 17.3 Å². The van der Waals surface area contributed by atoms with E-state index in [1.807, 2.05) is 55.5 Å². The zero-order chi connectivity index (χ0) is 23.8. The summed E-state index contributed by atoms with van der Waals surface area (Å²) in [6, 6.07) is 15.6. The van der Waals surface area contributed by atoms with Gasteiger partial charge in [-0.25, -0.2) is 9.78 Å². The van der Waals surface area contributed by atoms with E-state index < -0.39 is 11.6 Å². The number of nitrogens with zero attached hydrogens (tertiary/aromatic N) is 1. The molecule has 176 valence electrons. The summed E-state index contributed by atoms with van der Waals surface area (Å²) in [4.78, 5) is 16.9. The topological polar surface area (TPSA) is 70.8 Å². The lowest BCUT2D eigenvalue weighted by molar-refractivity contribution is -0.158. The minimum atomic E-state index is -1.09. The van der Waals surface area contributed by atoms with Gasteiger partial charge < -0.3 is 18.6 Å². The van der Waals surface area contributed by atoms with Crippen molar-refractivity contribution in [1.82, 2.24) is 4.98 Å². The standard InChI is InChI=1S/C27H33NO5/c1-6-11-20-14-15-22(18-24(20)33-27(4,5)26(29)30-7-2)31-17-16-23-19(3)32-25(28-23)21-12-9-8-10-13-21/h8-10,12-15,18H,6-7,11,16-17H2,1-5H3. The predicted octanol–water partition coefficient (Wildman–Crippen LogP) is 5.94. The average molecular weight is 452 g/mol. The molecule has 0 amide bonds. The van der Waals surface area contributed by atoms with Crippen LogP contribution < -0.4 is 9.47 Å². The van der Waals surface area contributed by atoms with Gasteiger partial charge in [-0.2, -0.15) is 0 Å². The Hall–Kier alpha value is -3.28. The minimum Gasteiger partial charge on any atom is -0.493 e. The number of esters is 1. The van der Waals surface area contributed by atoms with E-state index in [9.17, 15) is 4.79 Å². The fraction of sp³-hybridized carbons (Fsp3) is 0.407. The van der Waals surface area contributed by atoms with Crippen LogP contribution in [0.2, 0.25) is 0 Å². The molecule has 6 nitrogen and oxygen atoms in total. The second-order valence-electron chi connectivity index (χ2n) is 8.34. The van der Waals surface area contributed by atoms with Crippen LogP contribution in [0.15, 0.2) is 52.9 Å². The Labute approximate surface area is 195 Å². The molecule has 0 N–H and O–H groups in total. The highest BCUT2D eigenvalue weighted by Crippen LogP contribution is 2.30. The molecule has 0 bridgehead atoms. The second-order valence-corrected chi connectivity index (χ2v) is 8.34. The van der Waals surface area contributed by atoms with Gasteiger partial charge in [-0.3, -0.25) is 0 Å². The number of aromatic nitrogens is 1. The maximum absolute atomic E-state index is 12.3. The minimum absolute atomic E-state index is 0.310. The second kappa shape index (κ2) is 11.0. The lowest BCUT2D eigenvalue weighted by atomic mass is 10.1. The Morgan fingerprint density at radius 1 is 1.06 bits per heavy atom. The first-order chi connectivity index (χ1) is 15.8. The molecule has 3 aromatic rings. The summed E-state index contributed by atoms with van der Waals surface area (Å²) in [6.07, 6.45) is 2.42. The fourth-order valence-electron chi connectivity index (χ4n) is 3.45. The molecule has 0 fully saturated rings. The molecule has 0 unspecified atom stereocenters. The first-order valence-electron chi connectivity index (χ1n) is 11.5. The van der Waals surface area contributed by atoms with Crippen molar-refractivity contribution in [3.63, 3.8) is 0 Å². The van der Waals surface area contributed by atoms with Crippen molar-refractivity contribution in [3.05, 3.63) is 65.5 Å². The van der Waals surface area contributed by atoms with Gasteiger partial charge in [0, 0.05) is 18.1 Å². The Kier molecular flexibility index (Phi) is 8.15. The number of benzene rings is 2. The van der Waals surface area contributed by atoms with Crippen LogP contribution in [0.1, 0.15) is 51.1 Å². The van der Waals surface area contributed by atoms with E-state index in [2.05, 4.69) is 11.9 Å². The molecule has 0 atom stereocenters. The molecular formula is C27H33NO5. The van der Waals surface area contributed by atoms with E-state index in [1.54, 1.807) is 20.8 Å². The number of oxazole rings is 1. The van der Waals surface area contributed by atoms with E-state index in [0.29, 0.717) is 37.0 Å². The fourth-order valence-corrected chi connectivity index (χ4v) is 3.45. The van der Waals surface area contributed by atoms with Gasteiger partial charge in [-0.15, -0.1) is 0 Å². The molecule has 0 aliphatic carbocycles. The maximum atomic E-state index is 12.3. The molecule has 0 spiro atoms. The number of hydrogen-bond acceptors (Lipinski definition) is 6. The van der Waals surface area contributed by atoms with E-state index >= 15 is 0 Å². The van der Waals surface area contributed by atoms with Crippen LogP contribution >= 0.6 is 0 Å². The van der Waals surface area contributed by atoms with E-state index in [1.165, 1.54) is 0 Å². The summed E-state index contributed by atoms with van der Waals surface area (Å²) in [6.45, 7) is 9.98. The largest absolute Gasteiger partial charge is 0.493 e. The molecule has 2 aromatic carbocycles. The summed E-state index contributed by atoms with van der Waals surface area (Å²) < 4.78 is 23.1. The van der Waals surface area contributed by atoms with Crippen LogP contribution in [0.3, 0.4) is 0 Å². The highest BCUT2D eigenvalue weighted by molar-refractivity contribution is 5.79. The Morgan fingerprint density at radius 2 is 1.82 bits per heavy atom. The molecular weight excluding hydrogens is 418 g/mol. The highest BCUT2D eigenvalue weighted by atomic mass is 16.6. The van der Waals surface area contributed by atoms with Crippen molar-refractivity contribution in [1.29, 1.82) is 0 Å². The summed E-state index contributed by atoms with van der Waals surface area (Å²) >= 11 is 0. The zero-order valence-corrected chi connectivity index (χ0v) is 20.1. The monoisotopic (exact) mass is 451 g/mol. The Balaban J connectivity index is 1.68. The van der Waals surface area contributed by atoms with Gasteiger partial charge in [-0.1, -0.05) is 37.6 Å². The number of rotatable bonds is 11. The third-order valence-corrected chi connectivity index (χ3v) is 5.21. The quantitative estimate of drug-likeness (QED) is 0.336. The zero-order valence-electron chi connectivity index (χ0n) is 20.1. The van der Waals surface area contributed by atoms with E-state index in [4.69, 9.17) is 18.6 Å². The number of ether oxygens (including phenoxy) is 3. The lowest BCUT2D eigenvalue weighted by Gasteiger charge is -2.26. The van der Waals surface area contributed by atoms with Crippen molar-refractivity contribution in [2.24, 2.45) is 0 Å². The normalized spacial score (nSPS) is 11.3. The smallest absolute Gasteiger partial charge is 0.349 e. The van der Waals surface area contributed by atoms with Gasteiger partial charge in [-0.05, 0) is 57.9 Å². The summed E-state index contributed by atoms with van der Waals surface area (Å²) in [5, 5.41) is 0. The third kappa shape index (κ3) is 6.37. The van der Waals surface area contributed by atoms with Crippen LogP contribution in [0.4, 0.5) is 0 Å². The van der Waals surface area contributed by atoms with Crippen molar-refractivity contribution in [3.8, 4) is 23.0 Å². The first-order valence-corrected chi connectivity index (χ1v) is 11.5. The van der Waals surface area contributed by atoms with Gasteiger partial charge >= 0.3 is 5.97 Å². The summed E-state index contributed by atoms with van der Waals surface area (Å²) in [5.41, 5.74) is 1.76. The molecule has 3 rings (SSSR count). The van der Waals surface area contributed by atoms with Crippen molar-refractivity contribution >= 4 is 5.97 Å². The average Bonchev–Trinajstić information content (AvgIpc) is 3.16. The first kappa shape index (κ1) is 24.4. The maximum Gasteiger partial charge on any atom is 0.349 e. The van der Waals surface area contributed by atoms with Crippen molar-refractivity contribution in [2.45, 2.75) is 59.5 Å². The molecule has 0 aliphatic rings. The van der Waals surface area contributed by atoms with Gasteiger partial charge in [0.15, 0.2) is 5.60 Å². The number of hydrogen-bond donors (Lipinski definition) is 0. The number of carbonyl (C=O) groups is 1. The van der Waals surface area contributed by atoms with E-state index in [-0.39, 0.29) is 0 Å². The molecule has 6 heteroatoms. The number of carbonyl (C=O) groups excluding carboxylic acids is 1. The predicted molar refractivity (Wildman–Crippen MR) is 128 cm³/mol. The molecule has 0 aliphatic heterocycles. The SMILES string of the molecule is CCCc1ccc(OCCc2nc(-c3ccccc3)oc2C)cc1OC(C)(C)C(=O)OCC. The van der Waals surface area contributed by atoms with Crippen LogP contribution in [-0.4, -0.2) is 29.8 Å². The highest BCUT2D eigenvalue weighted by Gasteiger charge is 2.32. The van der Waals surface area contributed by atoms with E-state index in [0.717, 1.165) is 35.4 Å². The van der Waals surface area contributed by atoms with Gasteiger partial charge in [0.05, 0.1) is 18.9 Å². The van der Waals surface area contributed by atoms with Gasteiger partial charge in [0.25, 0.3) is 0 Å². The van der Waals surface area contributed by atoms with Crippen LogP contribution in [0.5, 0.6) is 11.5 Å². The third-order valence-electron chi connectivity index (χ3n) is 5.21. The molecule has 33 heavy (non-hydrogen) atoms. The van der Waals surface area contributed by atoms with Gasteiger partial charge in [0.2, 0.25) is 5.89 Å². The molecule has 1 heterocycles. The molecule has 0 saturated carbocycles. The van der Waals surface area contributed by atoms with Crippen LogP contribution in [0, 0.1) is 6.92 Å². The summed E-state index contributed by atoms with van der Waals surface area (Å²) in [7, 11) is 0. The van der Waals surface area contributed by atoms with Crippen molar-refractivity contribution < 1.29 is 23.4 Å². The Bertz CT molecular complexity index is 1060. The lowest BCUT2D eigenvalue weighted by Crippen LogP contribution is -2.40. The Morgan fingerprint density at radius 3 is 2.52 bits per heavy atom. The van der Waals surface area contributed by atoms with Crippen LogP contribution in [0.25, 0.3) is 11.5 Å². The van der Waals surface area contributed by atoms with Crippen LogP contribution in [-0.2, 0) is 22.4 Å². The number of aryl methyl sites for hydroxylation is 2. The molecule has 0 radical (unpaired) electrons.